The molecule has 0 aromatic heterocycles. The van der Waals surface area contributed by atoms with E-state index in [4.69, 9.17) is 0 Å². The zero-order valence-electron chi connectivity index (χ0n) is 13.3. The Morgan fingerprint density at radius 2 is 1.14 bits per heavy atom. The fraction of sp³-hybridized carbons (Fsp3) is 0.400. The van der Waals surface area contributed by atoms with Crippen LogP contribution in [0, 0.1) is 5.41 Å². The van der Waals surface area contributed by atoms with Gasteiger partial charge in [0, 0.05) is 18.6 Å². The minimum absolute atomic E-state index is 0.304. The lowest BCUT2D eigenvalue weighted by Crippen LogP contribution is -2.37. The second kappa shape index (κ2) is 5.31. The predicted molar refractivity (Wildman–Crippen MR) is 88.9 cm³/mol. The zero-order valence-corrected chi connectivity index (χ0v) is 13.3. The van der Waals surface area contributed by atoms with Gasteiger partial charge in [0.1, 0.15) is 0 Å². The quantitative estimate of drug-likeness (QED) is 0.754. The first-order valence-electron chi connectivity index (χ1n) is 7.84. The highest BCUT2D eigenvalue weighted by molar-refractivity contribution is 5.22. The van der Waals surface area contributed by atoms with Crippen LogP contribution in [0.5, 0.6) is 0 Å². The van der Waals surface area contributed by atoms with Crippen molar-refractivity contribution in [1.29, 1.82) is 0 Å². The van der Waals surface area contributed by atoms with Crippen LogP contribution in [0.15, 0.2) is 60.7 Å². The summed E-state index contributed by atoms with van der Waals surface area (Å²) in [5.74, 6) is 0. The standard InChI is InChI=1S/C20H25N/c1-19(2)16-20(19,3)21(14-17-10-6-4-7-11-17)15-18-12-8-5-9-13-18/h4-13H,14-16H2,1-3H3. The summed E-state index contributed by atoms with van der Waals surface area (Å²) in [6.45, 7) is 9.23. The molecule has 1 atom stereocenters. The van der Waals surface area contributed by atoms with E-state index in [1.165, 1.54) is 17.5 Å². The average Bonchev–Trinajstić information content (AvgIpc) is 3.00. The van der Waals surface area contributed by atoms with Crippen LogP contribution in [0.1, 0.15) is 38.3 Å². The predicted octanol–water partition coefficient (Wildman–Crippen LogP) is 4.88. The number of hydrogen-bond donors (Lipinski definition) is 0. The molecule has 3 rings (SSSR count). The molecule has 1 aliphatic carbocycles. The second-order valence-electron chi connectivity index (χ2n) is 7.16. The van der Waals surface area contributed by atoms with E-state index in [1.807, 2.05) is 0 Å². The van der Waals surface area contributed by atoms with Crippen LogP contribution < -0.4 is 0 Å². The molecule has 0 saturated heterocycles. The van der Waals surface area contributed by atoms with E-state index in [2.05, 4.69) is 86.3 Å². The Labute approximate surface area is 128 Å². The van der Waals surface area contributed by atoms with Gasteiger partial charge in [-0.2, -0.15) is 0 Å². The van der Waals surface area contributed by atoms with Crippen LogP contribution in [0.4, 0.5) is 0 Å². The Bertz CT molecular complexity index is 546. The maximum absolute atomic E-state index is 2.65. The summed E-state index contributed by atoms with van der Waals surface area (Å²) >= 11 is 0. The number of benzene rings is 2. The van der Waals surface area contributed by atoms with E-state index in [0.29, 0.717) is 11.0 Å². The summed E-state index contributed by atoms with van der Waals surface area (Å²) in [5, 5.41) is 0. The van der Waals surface area contributed by atoms with Crippen molar-refractivity contribution in [2.45, 2.75) is 45.8 Å². The first kappa shape index (κ1) is 14.3. The van der Waals surface area contributed by atoms with Gasteiger partial charge < -0.3 is 0 Å². The molecule has 1 nitrogen and oxygen atoms in total. The van der Waals surface area contributed by atoms with Crippen molar-refractivity contribution < 1.29 is 0 Å². The van der Waals surface area contributed by atoms with E-state index in [9.17, 15) is 0 Å². The topological polar surface area (TPSA) is 3.24 Å². The van der Waals surface area contributed by atoms with E-state index < -0.39 is 0 Å². The Morgan fingerprint density at radius 1 is 0.762 bits per heavy atom. The van der Waals surface area contributed by atoms with Gasteiger partial charge in [-0.15, -0.1) is 0 Å². The SMILES string of the molecule is CC1(C)CC1(C)N(Cc1ccccc1)Cc1ccccc1. The summed E-state index contributed by atoms with van der Waals surface area (Å²) in [6.07, 6.45) is 1.28. The fourth-order valence-corrected chi connectivity index (χ4v) is 3.37. The van der Waals surface area contributed by atoms with Crippen molar-refractivity contribution in [1.82, 2.24) is 4.90 Å². The van der Waals surface area contributed by atoms with Crippen LogP contribution in [0.3, 0.4) is 0 Å². The summed E-state index contributed by atoms with van der Waals surface area (Å²) in [4.78, 5) is 2.65. The van der Waals surface area contributed by atoms with Gasteiger partial charge >= 0.3 is 0 Å². The first-order valence-corrected chi connectivity index (χ1v) is 7.84. The lowest BCUT2D eigenvalue weighted by atomic mass is 10.0. The monoisotopic (exact) mass is 279 g/mol. The molecule has 1 fully saturated rings. The van der Waals surface area contributed by atoms with Crippen LogP contribution >= 0.6 is 0 Å². The molecule has 2 aromatic rings. The van der Waals surface area contributed by atoms with Crippen LogP contribution in [0.2, 0.25) is 0 Å². The molecular weight excluding hydrogens is 254 g/mol. The van der Waals surface area contributed by atoms with Gasteiger partial charge in [-0.25, -0.2) is 0 Å². The second-order valence-corrected chi connectivity index (χ2v) is 7.16. The number of hydrogen-bond acceptors (Lipinski definition) is 1. The van der Waals surface area contributed by atoms with Gasteiger partial charge in [-0.1, -0.05) is 74.5 Å². The Morgan fingerprint density at radius 3 is 1.48 bits per heavy atom. The van der Waals surface area contributed by atoms with E-state index in [-0.39, 0.29) is 0 Å². The Hall–Kier alpha value is -1.60. The molecule has 1 heteroatoms. The molecule has 0 bridgehead atoms. The van der Waals surface area contributed by atoms with Gasteiger partial charge in [-0.3, -0.25) is 4.90 Å². The molecule has 0 heterocycles. The van der Waals surface area contributed by atoms with Crippen LogP contribution in [-0.2, 0) is 13.1 Å². The summed E-state index contributed by atoms with van der Waals surface area (Å²) in [5.41, 5.74) is 3.52. The molecule has 0 N–H and O–H groups in total. The molecule has 110 valence electrons. The summed E-state index contributed by atoms with van der Waals surface area (Å²) < 4.78 is 0. The summed E-state index contributed by atoms with van der Waals surface area (Å²) in [6, 6.07) is 21.7. The minimum atomic E-state index is 0.304. The van der Waals surface area contributed by atoms with Gasteiger partial charge in [0.15, 0.2) is 0 Å². The molecule has 2 aromatic carbocycles. The molecule has 1 saturated carbocycles. The average molecular weight is 279 g/mol. The Balaban J connectivity index is 1.82. The first-order chi connectivity index (χ1) is 10.0. The summed E-state index contributed by atoms with van der Waals surface area (Å²) in [7, 11) is 0. The van der Waals surface area contributed by atoms with Crippen molar-refractivity contribution in [3.05, 3.63) is 71.8 Å². The van der Waals surface area contributed by atoms with Gasteiger partial charge in [0.2, 0.25) is 0 Å². The van der Waals surface area contributed by atoms with E-state index >= 15 is 0 Å². The van der Waals surface area contributed by atoms with Crippen molar-refractivity contribution in [3.8, 4) is 0 Å². The molecule has 0 aliphatic heterocycles. The fourth-order valence-electron chi connectivity index (χ4n) is 3.37. The van der Waals surface area contributed by atoms with Gasteiger partial charge in [-0.05, 0) is 29.9 Å². The maximum Gasteiger partial charge on any atom is 0.0245 e. The third-order valence-corrected chi connectivity index (χ3v) is 5.25. The molecule has 0 radical (unpaired) electrons. The smallest absolute Gasteiger partial charge is 0.0245 e. The lowest BCUT2D eigenvalue weighted by Gasteiger charge is -2.32. The van der Waals surface area contributed by atoms with Crippen molar-refractivity contribution >= 4 is 0 Å². The molecular formula is C20H25N. The highest BCUT2D eigenvalue weighted by Crippen LogP contribution is 2.59. The minimum Gasteiger partial charge on any atom is -0.289 e. The van der Waals surface area contributed by atoms with Crippen molar-refractivity contribution in [2.24, 2.45) is 5.41 Å². The normalized spacial score (nSPS) is 23.2. The molecule has 0 amide bonds. The molecule has 1 unspecified atom stereocenters. The zero-order chi connectivity index (χ0) is 14.9. The molecule has 0 spiro atoms. The molecule has 21 heavy (non-hydrogen) atoms. The van der Waals surface area contributed by atoms with E-state index in [0.717, 1.165) is 13.1 Å². The maximum atomic E-state index is 2.65. The number of nitrogens with zero attached hydrogens (tertiary/aromatic N) is 1. The lowest BCUT2D eigenvalue weighted by molar-refractivity contribution is 0.140. The Kier molecular flexibility index (Phi) is 3.62. The molecule has 1 aliphatic rings. The number of rotatable bonds is 5. The van der Waals surface area contributed by atoms with Crippen LogP contribution in [-0.4, -0.2) is 10.4 Å². The van der Waals surface area contributed by atoms with Gasteiger partial charge in [0.25, 0.3) is 0 Å². The van der Waals surface area contributed by atoms with E-state index in [1.54, 1.807) is 0 Å². The van der Waals surface area contributed by atoms with Gasteiger partial charge in [0.05, 0.1) is 0 Å². The van der Waals surface area contributed by atoms with Crippen LogP contribution in [0.25, 0.3) is 0 Å². The van der Waals surface area contributed by atoms with Crippen molar-refractivity contribution in [3.63, 3.8) is 0 Å². The largest absolute Gasteiger partial charge is 0.289 e. The highest BCUT2D eigenvalue weighted by atomic mass is 15.2. The third kappa shape index (κ3) is 2.89. The van der Waals surface area contributed by atoms with Crippen molar-refractivity contribution in [2.75, 3.05) is 0 Å². The highest BCUT2D eigenvalue weighted by Gasteiger charge is 2.60. The third-order valence-electron chi connectivity index (χ3n) is 5.25.